The summed E-state index contributed by atoms with van der Waals surface area (Å²) in [5, 5.41) is 0. The van der Waals surface area contributed by atoms with Crippen LogP contribution in [0.25, 0.3) is 0 Å². The summed E-state index contributed by atoms with van der Waals surface area (Å²) in [4.78, 5) is 14.2. The number of rotatable bonds is 1. The zero-order chi connectivity index (χ0) is 10.7. The van der Waals surface area contributed by atoms with E-state index in [1.807, 2.05) is 4.90 Å². The summed E-state index contributed by atoms with van der Waals surface area (Å²) in [5.41, 5.74) is 1.08. The van der Waals surface area contributed by atoms with Crippen molar-refractivity contribution in [1.82, 2.24) is 4.90 Å². The van der Waals surface area contributed by atoms with Gasteiger partial charge in [0.25, 0.3) is 0 Å². The molecule has 0 aromatic carbocycles. The van der Waals surface area contributed by atoms with Gasteiger partial charge in [-0.1, -0.05) is 13.0 Å². The van der Waals surface area contributed by atoms with E-state index in [1.54, 1.807) is 0 Å². The number of piperidine rings is 1. The van der Waals surface area contributed by atoms with Crippen molar-refractivity contribution in [2.75, 3.05) is 13.1 Å². The first kappa shape index (κ1) is 10.7. The van der Waals surface area contributed by atoms with Crippen LogP contribution in [-0.4, -0.2) is 23.9 Å². The molecule has 2 heteroatoms. The molecule has 0 aromatic heterocycles. The molecule has 0 aromatic rings. The quantitative estimate of drug-likeness (QED) is 0.647. The van der Waals surface area contributed by atoms with Crippen molar-refractivity contribution >= 4 is 5.91 Å². The molecule has 1 fully saturated rings. The maximum Gasteiger partial charge on any atom is 0.249 e. The Morgan fingerprint density at radius 3 is 2.67 bits per heavy atom. The van der Waals surface area contributed by atoms with Crippen LogP contribution in [0.5, 0.6) is 0 Å². The number of nitrogens with zero attached hydrogens (tertiary/aromatic N) is 1. The van der Waals surface area contributed by atoms with E-state index in [0.29, 0.717) is 11.8 Å². The van der Waals surface area contributed by atoms with Crippen molar-refractivity contribution in [3.05, 3.63) is 11.6 Å². The molecule has 1 unspecified atom stereocenters. The average molecular weight is 207 g/mol. The van der Waals surface area contributed by atoms with Crippen molar-refractivity contribution in [1.29, 1.82) is 0 Å². The van der Waals surface area contributed by atoms with E-state index in [0.717, 1.165) is 25.1 Å². The minimum absolute atomic E-state index is 0.321. The third kappa shape index (κ3) is 2.61. The predicted molar refractivity (Wildman–Crippen MR) is 61.5 cm³/mol. The normalized spacial score (nSPS) is 27.4. The lowest BCUT2D eigenvalue weighted by Gasteiger charge is -2.29. The molecule has 0 spiro atoms. The Balaban J connectivity index is 1.99. The topological polar surface area (TPSA) is 20.3 Å². The Hall–Kier alpha value is -0.790. The molecule has 0 radical (unpaired) electrons. The highest BCUT2D eigenvalue weighted by Gasteiger charge is 2.22. The van der Waals surface area contributed by atoms with E-state index in [4.69, 9.17) is 0 Å². The number of carbonyl (C=O) groups excluding carboxylic acids is 1. The van der Waals surface area contributed by atoms with Gasteiger partial charge in [-0.3, -0.25) is 4.79 Å². The summed E-state index contributed by atoms with van der Waals surface area (Å²) in [6, 6.07) is 0. The fraction of sp³-hybridized carbons (Fsp3) is 0.769. The number of hydrogen-bond donors (Lipinski definition) is 0. The van der Waals surface area contributed by atoms with Gasteiger partial charge in [0.2, 0.25) is 5.91 Å². The Morgan fingerprint density at radius 2 is 2.00 bits per heavy atom. The molecule has 0 bridgehead atoms. The third-order valence-electron chi connectivity index (χ3n) is 3.51. The number of likely N-dealkylation sites (tertiary alicyclic amines) is 1. The average Bonchev–Trinajstić information content (AvgIpc) is 2.29. The minimum Gasteiger partial charge on any atom is -0.339 e. The summed E-state index contributed by atoms with van der Waals surface area (Å²) in [6.45, 7) is 4.16. The first-order chi connectivity index (χ1) is 7.27. The first-order valence-corrected chi connectivity index (χ1v) is 6.27. The smallest absolute Gasteiger partial charge is 0.249 e. The lowest BCUT2D eigenvalue weighted by atomic mass is 9.91. The summed E-state index contributed by atoms with van der Waals surface area (Å²) in [7, 11) is 0. The van der Waals surface area contributed by atoms with E-state index in [-0.39, 0.29) is 0 Å². The maximum atomic E-state index is 12.2. The van der Waals surface area contributed by atoms with E-state index in [1.165, 1.54) is 32.1 Å². The fourth-order valence-corrected chi connectivity index (χ4v) is 2.60. The van der Waals surface area contributed by atoms with Crippen LogP contribution in [-0.2, 0) is 4.79 Å². The van der Waals surface area contributed by atoms with Gasteiger partial charge >= 0.3 is 0 Å². The van der Waals surface area contributed by atoms with Gasteiger partial charge in [-0.05, 0) is 44.4 Å². The first-order valence-electron chi connectivity index (χ1n) is 6.27. The zero-order valence-corrected chi connectivity index (χ0v) is 9.67. The van der Waals surface area contributed by atoms with E-state index in [2.05, 4.69) is 13.0 Å². The van der Waals surface area contributed by atoms with E-state index >= 15 is 0 Å². The van der Waals surface area contributed by atoms with Gasteiger partial charge in [-0.15, -0.1) is 0 Å². The number of amides is 1. The van der Waals surface area contributed by atoms with Crippen LogP contribution in [0.3, 0.4) is 0 Å². The molecule has 15 heavy (non-hydrogen) atoms. The molecule has 1 saturated heterocycles. The Kier molecular flexibility index (Phi) is 3.45. The molecular weight excluding hydrogens is 186 g/mol. The Bertz CT molecular complexity index is 264. The second-order valence-electron chi connectivity index (χ2n) is 4.91. The second-order valence-corrected chi connectivity index (χ2v) is 4.91. The molecule has 0 N–H and O–H groups in total. The Morgan fingerprint density at radius 1 is 1.27 bits per heavy atom. The van der Waals surface area contributed by atoms with Crippen LogP contribution in [0, 0.1) is 5.92 Å². The van der Waals surface area contributed by atoms with Crippen LogP contribution < -0.4 is 0 Å². The number of allylic oxidation sites excluding steroid dienone is 1. The van der Waals surface area contributed by atoms with Gasteiger partial charge in [0.05, 0.1) is 0 Å². The molecule has 1 aliphatic carbocycles. The largest absolute Gasteiger partial charge is 0.339 e. The van der Waals surface area contributed by atoms with Crippen molar-refractivity contribution in [3.8, 4) is 0 Å². The fourth-order valence-electron chi connectivity index (χ4n) is 2.60. The van der Waals surface area contributed by atoms with Crippen molar-refractivity contribution in [2.24, 2.45) is 5.92 Å². The summed E-state index contributed by atoms with van der Waals surface area (Å²) >= 11 is 0. The molecule has 84 valence electrons. The van der Waals surface area contributed by atoms with Crippen LogP contribution >= 0.6 is 0 Å². The Labute approximate surface area is 92.3 Å². The summed E-state index contributed by atoms with van der Waals surface area (Å²) in [6.07, 6.45) is 9.30. The molecule has 2 nitrogen and oxygen atoms in total. The number of carbonyl (C=O) groups is 1. The van der Waals surface area contributed by atoms with Crippen LogP contribution in [0.15, 0.2) is 11.6 Å². The lowest BCUT2D eigenvalue weighted by Crippen LogP contribution is -2.37. The summed E-state index contributed by atoms with van der Waals surface area (Å²) in [5.74, 6) is 0.920. The molecule has 1 atom stereocenters. The molecule has 0 saturated carbocycles. The monoisotopic (exact) mass is 207 g/mol. The van der Waals surface area contributed by atoms with Gasteiger partial charge in [0, 0.05) is 18.7 Å². The van der Waals surface area contributed by atoms with Crippen LogP contribution in [0.2, 0.25) is 0 Å². The summed E-state index contributed by atoms with van der Waals surface area (Å²) < 4.78 is 0. The predicted octanol–water partition coefficient (Wildman–Crippen LogP) is 2.75. The second kappa shape index (κ2) is 4.82. The lowest BCUT2D eigenvalue weighted by molar-refractivity contribution is -0.128. The van der Waals surface area contributed by atoms with Crippen molar-refractivity contribution < 1.29 is 4.79 Å². The van der Waals surface area contributed by atoms with Crippen LogP contribution in [0.4, 0.5) is 0 Å². The number of hydrogen-bond acceptors (Lipinski definition) is 1. The van der Waals surface area contributed by atoms with Gasteiger partial charge in [-0.25, -0.2) is 0 Å². The minimum atomic E-state index is 0.321. The molecule has 2 aliphatic rings. The molecular formula is C13H21NO. The van der Waals surface area contributed by atoms with Gasteiger partial charge in [0.1, 0.15) is 0 Å². The van der Waals surface area contributed by atoms with Gasteiger partial charge in [0.15, 0.2) is 0 Å². The highest BCUT2D eigenvalue weighted by molar-refractivity contribution is 5.93. The van der Waals surface area contributed by atoms with E-state index < -0.39 is 0 Å². The third-order valence-corrected chi connectivity index (χ3v) is 3.51. The van der Waals surface area contributed by atoms with Gasteiger partial charge in [-0.2, -0.15) is 0 Å². The maximum absolute atomic E-state index is 12.2. The highest BCUT2D eigenvalue weighted by atomic mass is 16.2. The highest BCUT2D eigenvalue weighted by Crippen LogP contribution is 2.24. The van der Waals surface area contributed by atoms with E-state index in [9.17, 15) is 4.79 Å². The van der Waals surface area contributed by atoms with Crippen molar-refractivity contribution in [2.45, 2.75) is 45.4 Å². The van der Waals surface area contributed by atoms with Crippen LogP contribution in [0.1, 0.15) is 45.4 Å². The molecule has 2 rings (SSSR count). The van der Waals surface area contributed by atoms with Crippen molar-refractivity contribution in [3.63, 3.8) is 0 Å². The zero-order valence-electron chi connectivity index (χ0n) is 9.67. The molecule has 1 aliphatic heterocycles. The standard InChI is InChI=1S/C13H21NO/c1-11-6-5-7-12(10-11)13(15)14-8-3-2-4-9-14/h10-11H,2-9H2,1H3. The molecule has 1 amide bonds. The SMILES string of the molecule is CC1C=C(C(=O)N2CCCCC2)CCC1. The molecule has 1 heterocycles. The van der Waals surface area contributed by atoms with Gasteiger partial charge < -0.3 is 4.90 Å².